The van der Waals surface area contributed by atoms with E-state index in [4.69, 9.17) is 4.52 Å². The fourth-order valence-electron chi connectivity index (χ4n) is 4.54. The van der Waals surface area contributed by atoms with Gasteiger partial charge in [-0.25, -0.2) is 9.37 Å². The van der Waals surface area contributed by atoms with Crippen LogP contribution in [0, 0.1) is 5.82 Å². The Labute approximate surface area is 163 Å². The summed E-state index contributed by atoms with van der Waals surface area (Å²) in [5, 5.41) is 5.01. The van der Waals surface area contributed by atoms with Crippen molar-refractivity contribution in [2.24, 2.45) is 0 Å². The topological polar surface area (TPSA) is 58.3 Å². The highest BCUT2D eigenvalue weighted by Gasteiger charge is 2.28. The molecule has 0 N–H and O–H groups in total. The summed E-state index contributed by atoms with van der Waals surface area (Å²) in [5.41, 5.74) is 1.95. The van der Waals surface area contributed by atoms with Crippen molar-refractivity contribution in [2.75, 3.05) is 31.1 Å². The average Bonchev–Trinajstić information content (AvgIpc) is 3.19. The third kappa shape index (κ3) is 3.24. The van der Waals surface area contributed by atoms with Crippen molar-refractivity contribution in [3.8, 4) is 11.3 Å². The molecule has 2 aliphatic heterocycles. The number of rotatable bonds is 3. The first-order chi connectivity index (χ1) is 13.8. The molecule has 0 aliphatic carbocycles. The van der Waals surface area contributed by atoms with E-state index in [1.54, 1.807) is 12.1 Å². The second-order valence-corrected chi connectivity index (χ2v) is 7.73. The number of anilines is 1. The second kappa shape index (κ2) is 7.47. The van der Waals surface area contributed by atoms with Crippen LogP contribution in [0.4, 0.5) is 10.2 Å². The number of halogens is 1. The molecule has 146 valence electrons. The lowest BCUT2D eigenvalue weighted by atomic mass is 9.99. The lowest BCUT2D eigenvalue weighted by molar-refractivity contribution is 0.141. The highest BCUT2D eigenvalue weighted by molar-refractivity contribution is 5.97. The van der Waals surface area contributed by atoms with Gasteiger partial charge in [0.15, 0.2) is 0 Å². The van der Waals surface area contributed by atoms with Gasteiger partial charge in [-0.3, -0.25) is 0 Å². The van der Waals surface area contributed by atoms with Gasteiger partial charge in [-0.1, -0.05) is 11.6 Å². The van der Waals surface area contributed by atoms with E-state index < -0.39 is 0 Å². The van der Waals surface area contributed by atoms with E-state index in [0.29, 0.717) is 17.4 Å². The average molecular weight is 381 g/mol. The summed E-state index contributed by atoms with van der Waals surface area (Å²) in [6.45, 7) is 4.40. The maximum atomic E-state index is 13.3. The third-order valence-corrected chi connectivity index (χ3v) is 6.04. The van der Waals surface area contributed by atoms with Crippen LogP contribution < -0.4 is 4.90 Å². The smallest absolute Gasteiger partial charge is 0.263 e. The summed E-state index contributed by atoms with van der Waals surface area (Å²) in [4.78, 5) is 13.8. The van der Waals surface area contributed by atoms with Crippen molar-refractivity contribution < 1.29 is 8.91 Å². The van der Waals surface area contributed by atoms with Crippen molar-refractivity contribution in [3.63, 3.8) is 0 Å². The lowest BCUT2D eigenvalue weighted by Crippen LogP contribution is -2.47. The predicted molar refractivity (Wildman–Crippen MR) is 106 cm³/mol. The molecule has 2 saturated heterocycles. The van der Waals surface area contributed by atoms with E-state index in [1.165, 1.54) is 50.8 Å². The Morgan fingerprint density at radius 3 is 2.43 bits per heavy atom. The van der Waals surface area contributed by atoms with Gasteiger partial charge in [0.25, 0.3) is 5.71 Å². The molecule has 0 atom stereocenters. The van der Waals surface area contributed by atoms with Gasteiger partial charge in [-0.2, -0.15) is 4.98 Å². The lowest BCUT2D eigenvalue weighted by Gasteiger charge is -2.40. The SMILES string of the molecule is Fc1ccc(-c2noc3ncnc(N4CCC(N5CCCCC5)CC4)c23)cc1. The fourth-order valence-corrected chi connectivity index (χ4v) is 4.54. The first-order valence-corrected chi connectivity index (χ1v) is 10.1. The molecule has 0 unspecified atom stereocenters. The van der Waals surface area contributed by atoms with Gasteiger partial charge in [0, 0.05) is 24.7 Å². The van der Waals surface area contributed by atoms with Gasteiger partial charge in [0.1, 0.15) is 29.0 Å². The van der Waals surface area contributed by atoms with Crippen molar-refractivity contribution in [1.82, 2.24) is 20.0 Å². The molecule has 2 fully saturated rings. The molecule has 5 rings (SSSR count). The number of fused-ring (bicyclic) bond motifs is 1. The number of piperidine rings is 2. The highest BCUT2D eigenvalue weighted by Crippen LogP contribution is 2.34. The molecular weight excluding hydrogens is 357 g/mol. The van der Waals surface area contributed by atoms with Gasteiger partial charge in [0.05, 0.1) is 0 Å². The molecule has 0 spiro atoms. The minimum atomic E-state index is -0.271. The molecule has 2 aliphatic rings. The Bertz CT molecular complexity index is 943. The fraction of sp³-hybridized carbons (Fsp3) is 0.476. The molecule has 2 aromatic heterocycles. The van der Waals surface area contributed by atoms with Crippen LogP contribution in [0.1, 0.15) is 32.1 Å². The van der Waals surface area contributed by atoms with E-state index in [1.807, 2.05) is 0 Å². The molecule has 0 radical (unpaired) electrons. The second-order valence-electron chi connectivity index (χ2n) is 7.73. The van der Waals surface area contributed by atoms with E-state index in [2.05, 4.69) is 24.9 Å². The monoisotopic (exact) mass is 381 g/mol. The summed E-state index contributed by atoms with van der Waals surface area (Å²) < 4.78 is 18.8. The van der Waals surface area contributed by atoms with Crippen LogP contribution in [-0.4, -0.2) is 52.2 Å². The third-order valence-electron chi connectivity index (χ3n) is 6.04. The van der Waals surface area contributed by atoms with Crippen molar-refractivity contribution >= 4 is 16.9 Å². The molecule has 3 aromatic rings. The Balaban J connectivity index is 1.42. The molecule has 0 amide bonds. The van der Waals surface area contributed by atoms with Crippen LogP contribution in [0.15, 0.2) is 35.1 Å². The summed E-state index contributed by atoms with van der Waals surface area (Å²) in [6, 6.07) is 6.97. The molecule has 7 heteroatoms. The van der Waals surface area contributed by atoms with Gasteiger partial charge < -0.3 is 14.3 Å². The maximum Gasteiger partial charge on any atom is 0.263 e. The quantitative estimate of drug-likeness (QED) is 0.686. The summed E-state index contributed by atoms with van der Waals surface area (Å²) in [7, 11) is 0. The molecule has 28 heavy (non-hydrogen) atoms. The van der Waals surface area contributed by atoms with Crippen molar-refractivity contribution in [3.05, 3.63) is 36.4 Å². The zero-order chi connectivity index (χ0) is 18.9. The van der Waals surface area contributed by atoms with E-state index >= 15 is 0 Å². The Kier molecular flexibility index (Phi) is 4.68. The molecule has 0 saturated carbocycles. The standard InChI is InChI=1S/C21H24FN5O/c22-16-6-4-15(5-7-16)19-18-20(23-14-24-21(18)28-25-19)27-12-8-17(9-13-27)26-10-2-1-3-11-26/h4-7,14,17H,1-3,8-13H2. The van der Waals surface area contributed by atoms with E-state index in [9.17, 15) is 4.39 Å². The van der Waals surface area contributed by atoms with Gasteiger partial charge in [-0.15, -0.1) is 0 Å². The summed E-state index contributed by atoms with van der Waals surface area (Å²) in [6.07, 6.45) is 7.84. The Morgan fingerprint density at radius 2 is 1.68 bits per heavy atom. The highest BCUT2D eigenvalue weighted by atomic mass is 19.1. The van der Waals surface area contributed by atoms with Crippen LogP contribution in [-0.2, 0) is 0 Å². The normalized spacial score (nSPS) is 19.4. The first kappa shape index (κ1) is 17.6. The zero-order valence-corrected chi connectivity index (χ0v) is 15.9. The number of likely N-dealkylation sites (tertiary alicyclic amines) is 1. The number of hydrogen-bond donors (Lipinski definition) is 0. The number of aromatic nitrogens is 3. The summed E-state index contributed by atoms with van der Waals surface area (Å²) in [5.74, 6) is 0.593. The van der Waals surface area contributed by atoms with Gasteiger partial charge in [-0.05, 0) is 63.0 Å². The first-order valence-electron chi connectivity index (χ1n) is 10.1. The molecule has 0 bridgehead atoms. The van der Waals surface area contributed by atoms with E-state index in [-0.39, 0.29) is 5.82 Å². The van der Waals surface area contributed by atoms with Gasteiger partial charge in [0.2, 0.25) is 0 Å². The number of benzene rings is 1. The molecule has 6 nitrogen and oxygen atoms in total. The van der Waals surface area contributed by atoms with Crippen LogP contribution in [0.5, 0.6) is 0 Å². The minimum absolute atomic E-state index is 0.271. The maximum absolute atomic E-state index is 13.3. The van der Waals surface area contributed by atoms with Crippen LogP contribution >= 0.6 is 0 Å². The van der Waals surface area contributed by atoms with Gasteiger partial charge >= 0.3 is 0 Å². The molecule has 4 heterocycles. The van der Waals surface area contributed by atoms with Crippen molar-refractivity contribution in [1.29, 1.82) is 0 Å². The Morgan fingerprint density at radius 1 is 0.929 bits per heavy atom. The van der Waals surface area contributed by atoms with Crippen molar-refractivity contribution in [2.45, 2.75) is 38.1 Å². The Hall–Kier alpha value is -2.54. The van der Waals surface area contributed by atoms with Crippen LogP contribution in [0.3, 0.4) is 0 Å². The molecular formula is C21H24FN5O. The zero-order valence-electron chi connectivity index (χ0n) is 15.9. The number of hydrogen-bond acceptors (Lipinski definition) is 6. The predicted octanol–water partition coefficient (Wildman–Crippen LogP) is 3.88. The number of nitrogens with zero attached hydrogens (tertiary/aromatic N) is 5. The summed E-state index contributed by atoms with van der Waals surface area (Å²) >= 11 is 0. The molecule has 1 aromatic carbocycles. The largest absolute Gasteiger partial charge is 0.356 e. The van der Waals surface area contributed by atoms with E-state index in [0.717, 1.165) is 42.7 Å². The van der Waals surface area contributed by atoms with Crippen LogP contribution in [0.25, 0.3) is 22.4 Å². The minimum Gasteiger partial charge on any atom is -0.356 e. The van der Waals surface area contributed by atoms with Crippen LogP contribution in [0.2, 0.25) is 0 Å².